The Labute approximate surface area is 123 Å². The smallest absolute Gasteiger partial charge is 0.244 e. The SMILES string of the molecule is CC(C)c1ccc2c(n1)CCN(C(=O)Cn1ccnn1)C2. The Bertz CT molecular complexity index is 636. The van der Waals surface area contributed by atoms with Crippen LogP contribution in [-0.2, 0) is 24.3 Å². The molecule has 0 atom stereocenters. The topological polar surface area (TPSA) is 63.9 Å². The van der Waals surface area contributed by atoms with Gasteiger partial charge in [-0.3, -0.25) is 9.78 Å². The van der Waals surface area contributed by atoms with Crippen molar-refractivity contribution in [3.05, 3.63) is 41.5 Å². The van der Waals surface area contributed by atoms with E-state index in [0.717, 1.165) is 29.9 Å². The van der Waals surface area contributed by atoms with Gasteiger partial charge in [0.05, 0.1) is 6.20 Å². The molecule has 0 fully saturated rings. The van der Waals surface area contributed by atoms with E-state index in [1.54, 1.807) is 17.1 Å². The first kappa shape index (κ1) is 13.7. The van der Waals surface area contributed by atoms with Crippen LogP contribution in [0.15, 0.2) is 24.5 Å². The fourth-order valence-electron chi connectivity index (χ4n) is 2.52. The molecule has 3 heterocycles. The zero-order valence-corrected chi connectivity index (χ0v) is 12.4. The minimum atomic E-state index is 0.0686. The third kappa shape index (κ3) is 2.94. The Morgan fingerprint density at radius 1 is 1.38 bits per heavy atom. The van der Waals surface area contributed by atoms with Gasteiger partial charge in [0.2, 0.25) is 5.91 Å². The molecule has 0 spiro atoms. The average Bonchev–Trinajstić information content (AvgIpc) is 2.99. The van der Waals surface area contributed by atoms with Crippen molar-refractivity contribution < 1.29 is 4.79 Å². The highest BCUT2D eigenvalue weighted by Gasteiger charge is 2.22. The third-order valence-corrected chi connectivity index (χ3v) is 3.78. The lowest BCUT2D eigenvalue weighted by Crippen LogP contribution is -2.38. The van der Waals surface area contributed by atoms with Gasteiger partial charge in [-0.1, -0.05) is 25.1 Å². The van der Waals surface area contributed by atoms with Crippen LogP contribution >= 0.6 is 0 Å². The van der Waals surface area contributed by atoms with Crippen LogP contribution in [-0.4, -0.2) is 37.3 Å². The molecule has 0 saturated heterocycles. The molecule has 110 valence electrons. The predicted octanol–water partition coefficient (Wildman–Crippen LogP) is 1.38. The van der Waals surface area contributed by atoms with Crippen molar-refractivity contribution in [2.45, 2.75) is 39.3 Å². The van der Waals surface area contributed by atoms with Gasteiger partial charge in [-0.15, -0.1) is 5.10 Å². The molecule has 0 unspecified atom stereocenters. The van der Waals surface area contributed by atoms with E-state index in [1.807, 2.05) is 4.90 Å². The number of carbonyl (C=O) groups excluding carboxylic acids is 1. The zero-order chi connectivity index (χ0) is 14.8. The van der Waals surface area contributed by atoms with Gasteiger partial charge < -0.3 is 4.90 Å². The molecule has 1 aliphatic rings. The lowest BCUT2D eigenvalue weighted by molar-refractivity contribution is -0.133. The minimum absolute atomic E-state index is 0.0686. The lowest BCUT2D eigenvalue weighted by atomic mass is 10.0. The highest BCUT2D eigenvalue weighted by atomic mass is 16.2. The molecule has 3 rings (SSSR count). The van der Waals surface area contributed by atoms with E-state index in [4.69, 9.17) is 4.98 Å². The van der Waals surface area contributed by atoms with Crippen LogP contribution < -0.4 is 0 Å². The number of pyridine rings is 1. The highest BCUT2D eigenvalue weighted by molar-refractivity contribution is 5.76. The summed E-state index contributed by atoms with van der Waals surface area (Å²) in [5.74, 6) is 0.501. The molecule has 2 aromatic heterocycles. The van der Waals surface area contributed by atoms with Gasteiger partial charge >= 0.3 is 0 Å². The second-order valence-corrected chi connectivity index (χ2v) is 5.66. The number of aromatic nitrogens is 4. The van der Waals surface area contributed by atoms with E-state index in [-0.39, 0.29) is 12.5 Å². The number of nitrogens with zero attached hydrogens (tertiary/aromatic N) is 5. The Morgan fingerprint density at radius 2 is 2.24 bits per heavy atom. The van der Waals surface area contributed by atoms with Crippen LogP contribution in [0.25, 0.3) is 0 Å². The van der Waals surface area contributed by atoms with Gasteiger partial charge in [-0.05, 0) is 17.5 Å². The maximum absolute atomic E-state index is 12.3. The first-order valence-corrected chi connectivity index (χ1v) is 7.24. The fraction of sp³-hybridized carbons (Fsp3) is 0.467. The van der Waals surface area contributed by atoms with Crippen LogP contribution in [0.1, 0.15) is 36.7 Å². The van der Waals surface area contributed by atoms with Gasteiger partial charge in [-0.2, -0.15) is 0 Å². The molecule has 6 heteroatoms. The number of hydrogen-bond acceptors (Lipinski definition) is 4. The molecule has 0 N–H and O–H groups in total. The summed E-state index contributed by atoms with van der Waals surface area (Å²) in [6.07, 6.45) is 4.10. The summed E-state index contributed by atoms with van der Waals surface area (Å²) in [6.45, 7) is 5.88. The molecular weight excluding hydrogens is 266 g/mol. The predicted molar refractivity (Wildman–Crippen MR) is 77.5 cm³/mol. The van der Waals surface area contributed by atoms with E-state index in [1.165, 1.54) is 0 Å². The Hall–Kier alpha value is -2.24. The molecule has 0 bridgehead atoms. The summed E-state index contributed by atoms with van der Waals surface area (Å²) in [4.78, 5) is 18.8. The van der Waals surface area contributed by atoms with Crippen molar-refractivity contribution in [2.24, 2.45) is 0 Å². The van der Waals surface area contributed by atoms with Crippen LogP contribution in [0, 0.1) is 0 Å². The number of amides is 1. The molecule has 2 aromatic rings. The van der Waals surface area contributed by atoms with Crippen molar-refractivity contribution >= 4 is 5.91 Å². The molecule has 21 heavy (non-hydrogen) atoms. The fourth-order valence-corrected chi connectivity index (χ4v) is 2.52. The van der Waals surface area contributed by atoms with E-state index >= 15 is 0 Å². The quantitative estimate of drug-likeness (QED) is 0.854. The van der Waals surface area contributed by atoms with Crippen molar-refractivity contribution in [1.29, 1.82) is 0 Å². The number of hydrogen-bond donors (Lipinski definition) is 0. The number of rotatable bonds is 3. The van der Waals surface area contributed by atoms with E-state index < -0.39 is 0 Å². The van der Waals surface area contributed by atoms with Crippen LogP contribution in [0.4, 0.5) is 0 Å². The molecule has 1 amide bonds. The van der Waals surface area contributed by atoms with Crippen molar-refractivity contribution in [3.8, 4) is 0 Å². The van der Waals surface area contributed by atoms with E-state index in [0.29, 0.717) is 12.5 Å². The molecule has 0 radical (unpaired) electrons. The van der Waals surface area contributed by atoms with Gasteiger partial charge in [0.25, 0.3) is 0 Å². The van der Waals surface area contributed by atoms with Gasteiger partial charge in [0.1, 0.15) is 6.54 Å². The summed E-state index contributed by atoms with van der Waals surface area (Å²) in [5, 5.41) is 7.55. The van der Waals surface area contributed by atoms with Gasteiger partial charge in [0.15, 0.2) is 0 Å². The Kier molecular flexibility index (Phi) is 3.68. The molecule has 0 aliphatic carbocycles. The first-order valence-electron chi connectivity index (χ1n) is 7.24. The second kappa shape index (κ2) is 5.63. The van der Waals surface area contributed by atoms with Crippen molar-refractivity contribution in [2.75, 3.05) is 6.54 Å². The van der Waals surface area contributed by atoms with Crippen LogP contribution in [0.3, 0.4) is 0 Å². The largest absolute Gasteiger partial charge is 0.336 e. The molecule has 6 nitrogen and oxygen atoms in total. The summed E-state index contributed by atoms with van der Waals surface area (Å²) >= 11 is 0. The van der Waals surface area contributed by atoms with Crippen LogP contribution in [0.2, 0.25) is 0 Å². The zero-order valence-electron chi connectivity index (χ0n) is 12.4. The number of carbonyl (C=O) groups is 1. The van der Waals surface area contributed by atoms with Crippen molar-refractivity contribution in [3.63, 3.8) is 0 Å². The normalized spacial score (nSPS) is 14.3. The summed E-state index contributed by atoms with van der Waals surface area (Å²) < 4.78 is 1.55. The Morgan fingerprint density at radius 3 is 2.95 bits per heavy atom. The maximum Gasteiger partial charge on any atom is 0.244 e. The highest BCUT2D eigenvalue weighted by Crippen LogP contribution is 2.21. The molecule has 1 aliphatic heterocycles. The average molecular weight is 285 g/mol. The van der Waals surface area contributed by atoms with Gasteiger partial charge in [-0.25, -0.2) is 4.68 Å². The van der Waals surface area contributed by atoms with Crippen molar-refractivity contribution in [1.82, 2.24) is 24.9 Å². The maximum atomic E-state index is 12.3. The van der Waals surface area contributed by atoms with E-state index in [9.17, 15) is 4.79 Å². The molecule has 0 aromatic carbocycles. The minimum Gasteiger partial charge on any atom is -0.336 e. The van der Waals surface area contributed by atoms with E-state index in [2.05, 4.69) is 36.3 Å². The Balaban J connectivity index is 1.71. The lowest BCUT2D eigenvalue weighted by Gasteiger charge is -2.28. The number of fused-ring (bicyclic) bond motifs is 1. The summed E-state index contributed by atoms with van der Waals surface area (Å²) in [5.41, 5.74) is 3.40. The molecule has 0 saturated carbocycles. The standard InChI is InChI=1S/C15H19N5O/c1-11(2)13-4-3-12-9-19(7-5-14(12)17-13)15(21)10-20-8-6-16-18-20/h3-4,6,8,11H,5,7,9-10H2,1-2H3. The molecular formula is C15H19N5O. The first-order chi connectivity index (χ1) is 10.1. The monoisotopic (exact) mass is 285 g/mol. The van der Waals surface area contributed by atoms with Gasteiger partial charge in [0, 0.05) is 37.1 Å². The summed E-state index contributed by atoms with van der Waals surface area (Å²) in [7, 11) is 0. The second-order valence-electron chi connectivity index (χ2n) is 5.66. The third-order valence-electron chi connectivity index (χ3n) is 3.78. The van der Waals surface area contributed by atoms with Crippen LogP contribution in [0.5, 0.6) is 0 Å². The summed E-state index contributed by atoms with van der Waals surface area (Å²) in [6, 6.07) is 4.17.